The first-order valence-corrected chi connectivity index (χ1v) is 9.34. The summed E-state index contributed by atoms with van der Waals surface area (Å²) in [5, 5.41) is 10.4. The van der Waals surface area contributed by atoms with Crippen LogP contribution >= 0.6 is 0 Å². The normalized spacial score (nSPS) is 18.4. The van der Waals surface area contributed by atoms with Crippen molar-refractivity contribution in [2.24, 2.45) is 5.92 Å². The summed E-state index contributed by atoms with van der Waals surface area (Å²) in [5.74, 6) is -0.267. The van der Waals surface area contributed by atoms with Gasteiger partial charge in [0, 0.05) is 12.1 Å². The summed E-state index contributed by atoms with van der Waals surface area (Å²) in [4.78, 5) is 26.6. The van der Waals surface area contributed by atoms with Crippen LogP contribution in [0.25, 0.3) is 0 Å². The highest BCUT2D eigenvalue weighted by Crippen LogP contribution is 2.42. The molecular weight excluding hydrogens is 330 g/mol. The number of hydrogen-bond acceptors (Lipinski definition) is 4. The summed E-state index contributed by atoms with van der Waals surface area (Å²) in [6, 6.07) is 6.74. The van der Waals surface area contributed by atoms with E-state index in [1.54, 1.807) is 18.1 Å². The van der Waals surface area contributed by atoms with Crippen molar-refractivity contribution in [3.05, 3.63) is 41.2 Å². The fraction of sp³-hybridized carbons (Fsp3) is 0.524. The fourth-order valence-electron chi connectivity index (χ4n) is 3.61. The van der Waals surface area contributed by atoms with Gasteiger partial charge in [-0.25, -0.2) is 0 Å². The highest BCUT2D eigenvalue weighted by molar-refractivity contribution is 6.08. The second kappa shape index (κ2) is 8.88. The van der Waals surface area contributed by atoms with Gasteiger partial charge >= 0.3 is 0 Å². The first-order valence-electron chi connectivity index (χ1n) is 9.34. The van der Waals surface area contributed by atoms with Gasteiger partial charge in [-0.3, -0.25) is 9.59 Å². The minimum absolute atomic E-state index is 0.157. The molecule has 1 aliphatic rings. The maximum Gasteiger partial charge on any atom is 0.290 e. The monoisotopic (exact) mass is 359 g/mol. The molecule has 1 amide bonds. The molecule has 0 fully saturated rings. The average Bonchev–Trinajstić information content (AvgIpc) is 2.89. The molecule has 5 heteroatoms. The van der Waals surface area contributed by atoms with Crippen LogP contribution in [0.2, 0.25) is 0 Å². The van der Waals surface area contributed by atoms with Crippen LogP contribution in [0.15, 0.2) is 35.6 Å². The Kier molecular flexibility index (Phi) is 6.83. The van der Waals surface area contributed by atoms with Crippen LogP contribution in [0.1, 0.15) is 58.1 Å². The number of aliphatic hydroxyl groups excluding tert-OH is 1. The Bertz CT molecular complexity index is 695. The van der Waals surface area contributed by atoms with Crippen LogP contribution < -0.4 is 4.74 Å². The lowest BCUT2D eigenvalue weighted by Crippen LogP contribution is -2.35. The van der Waals surface area contributed by atoms with E-state index in [1.165, 1.54) is 6.92 Å². The molecular formula is C21H29NO4. The molecule has 0 radical (unpaired) electrons. The van der Waals surface area contributed by atoms with E-state index in [4.69, 9.17) is 4.74 Å². The van der Waals surface area contributed by atoms with Crippen LogP contribution in [0.5, 0.6) is 5.75 Å². The van der Waals surface area contributed by atoms with Gasteiger partial charge in [0.25, 0.3) is 5.91 Å². The molecule has 1 aromatic carbocycles. The van der Waals surface area contributed by atoms with E-state index in [2.05, 4.69) is 13.8 Å². The van der Waals surface area contributed by atoms with Gasteiger partial charge in [0.05, 0.1) is 18.7 Å². The lowest BCUT2D eigenvalue weighted by Gasteiger charge is -2.31. The molecule has 0 spiro atoms. The van der Waals surface area contributed by atoms with Gasteiger partial charge in [-0.1, -0.05) is 51.3 Å². The summed E-state index contributed by atoms with van der Waals surface area (Å²) in [5.41, 5.74) is 0.882. The van der Waals surface area contributed by atoms with Crippen LogP contribution in [0.4, 0.5) is 0 Å². The van der Waals surface area contributed by atoms with Crippen molar-refractivity contribution in [2.45, 2.75) is 52.5 Å². The number of ether oxygens (including phenoxy) is 1. The minimum atomic E-state index is -0.605. The number of unbranched alkanes of at least 4 members (excludes halogenated alkanes) is 1. The summed E-state index contributed by atoms with van der Waals surface area (Å²) in [6.07, 6.45) is 4.16. The number of para-hydroxylation sites is 1. The van der Waals surface area contributed by atoms with Gasteiger partial charge in [0.2, 0.25) is 0 Å². The Morgan fingerprint density at radius 2 is 2.00 bits per heavy atom. The number of carbonyl (C=O) groups excluding carboxylic acids is 2. The Balaban J connectivity index is 2.45. The SMILES string of the molecule is CCCC[C@@H](CC)CN1C(=O)C(O)=C(C(C)=O)[C@@H]1c1ccccc1OC. The molecule has 142 valence electrons. The topological polar surface area (TPSA) is 66.8 Å². The minimum Gasteiger partial charge on any atom is -0.503 e. The number of methoxy groups -OCH3 is 1. The third-order valence-corrected chi connectivity index (χ3v) is 5.11. The molecule has 1 aliphatic heterocycles. The van der Waals surface area contributed by atoms with Crippen LogP contribution in [0, 0.1) is 5.92 Å². The molecule has 0 unspecified atom stereocenters. The molecule has 2 rings (SSSR count). The highest BCUT2D eigenvalue weighted by atomic mass is 16.5. The van der Waals surface area contributed by atoms with Gasteiger partial charge in [-0.15, -0.1) is 0 Å². The zero-order valence-electron chi connectivity index (χ0n) is 16.1. The maximum atomic E-state index is 12.8. The van der Waals surface area contributed by atoms with E-state index >= 15 is 0 Å². The zero-order chi connectivity index (χ0) is 19.3. The fourth-order valence-corrected chi connectivity index (χ4v) is 3.61. The lowest BCUT2D eigenvalue weighted by atomic mass is 9.93. The molecule has 0 saturated heterocycles. The number of ketones is 1. The summed E-state index contributed by atoms with van der Waals surface area (Å²) < 4.78 is 5.45. The lowest BCUT2D eigenvalue weighted by molar-refractivity contribution is -0.130. The molecule has 0 aromatic heterocycles. The number of amides is 1. The van der Waals surface area contributed by atoms with Gasteiger partial charge < -0.3 is 14.7 Å². The summed E-state index contributed by atoms with van der Waals surface area (Å²) in [7, 11) is 1.56. The smallest absolute Gasteiger partial charge is 0.290 e. The Morgan fingerprint density at radius 3 is 2.58 bits per heavy atom. The van der Waals surface area contributed by atoms with E-state index in [9.17, 15) is 14.7 Å². The van der Waals surface area contributed by atoms with E-state index in [1.807, 2.05) is 18.2 Å². The second-order valence-corrected chi connectivity index (χ2v) is 6.84. The van der Waals surface area contributed by atoms with E-state index in [0.29, 0.717) is 18.2 Å². The van der Waals surface area contributed by atoms with Crippen LogP contribution in [-0.4, -0.2) is 35.4 Å². The van der Waals surface area contributed by atoms with Crippen molar-refractivity contribution in [3.8, 4) is 5.75 Å². The number of carbonyl (C=O) groups is 2. The first kappa shape index (κ1) is 20.0. The first-order chi connectivity index (χ1) is 12.5. The standard InChI is InChI=1S/C21H29NO4/c1-5-7-10-15(6-2)13-22-19(16-11-8-9-12-17(16)26-4)18(14(3)23)20(24)21(22)25/h8-9,11-12,15,19,24H,5-7,10,13H2,1-4H3/t15-,19+/m1/s1. The third-order valence-electron chi connectivity index (χ3n) is 5.11. The van der Waals surface area contributed by atoms with Crippen molar-refractivity contribution in [1.29, 1.82) is 0 Å². The highest BCUT2D eigenvalue weighted by Gasteiger charge is 2.43. The number of nitrogens with zero attached hydrogens (tertiary/aromatic N) is 1. The molecule has 0 bridgehead atoms. The van der Waals surface area contributed by atoms with E-state index < -0.39 is 17.7 Å². The van der Waals surface area contributed by atoms with Crippen molar-refractivity contribution in [3.63, 3.8) is 0 Å². The number of aliphatic hydroxyl groups is 1. The van der Waals surface area contributed by atoms with Crippen LogP contribution in [0.3, 0.4) is 0 Å². The predicted molar refractivity (Wildman–Crippen MR) is 101 cm³/mol. The number of rotatable bonds is 9. The second-order valence-electron chi connectivity index (χ2n) is 6.84. The Hall–Kier alpha value is -2.30. The van der Waals surface area contributed by atoms with E-state index in [-0.39, 0.29) is 11.4 Å². The zero-order valence-corrected chi connectivity index (χ0v) is 16.1. The van der Waals surface area contributed by atoms with Crippen molar-refractivity contribution >= 4 is 11.7 Å². The summed E-state index contributed by atoms with van der Waals surface area (Å²) in [6.45, 7) is 6.16. The number of benzene rings is 1. The number of hydrogen-bond donors (Lipinski definition) is 1. The quantitative estimate of drug-likeness (QED) is 0.718. The van der Waals surface area contributed by atoms with Gasteiger partial charge in [-0.05, 0) is 25.3 Å². The van der Waals surface area contributed by atoms with Gasteiger partial charge in [0.15, 0.2) is 11.5 Å². The molecule has 5 nitrogen and oxygen atoms in total. The van der Waals surface area contributed by atoms with Crippen LogP contribution in [-0.2, 0) is 9.59 Å². The van der Waals surface area contributed by atoms with Crippen molar-refractivity contribution in [2.75, 3.05) is 13.7 Å². The van der Waals surface area contributed by atoms with Crippen molar-refractivity contribution in [1.82, 2.24) is 4.90 Å². The predicted octanol–water partition coefficient (Wildman–Crippen LogP) is 4.20. The number of Topliss-reactive ketones (excluding diaryl/α,β-unsaturated/α-hetero) is 1. The Labute approximate surface area is 155 Å². The molecule has 1 N–H and O–H groups in total. The van der Waals surface area contributed by atoms with Crippen molar-refractivity contribution < 1.29 is 19.4 Å². The third kappa shape index (κ3) is 3.92. The molecule has 1 aromatic rings. The van der Waals surface area contributed by atoms with E-state index in [0.717, 1.165) is 31.2 Å². The summed E-state index contributed by atoms with van der Waals surface area (Å²) >= 11 is 0. The van der Waals surface area contributed by atoms with Gasteiger partial charge in [0.1, 0.15) is 5.75 Å². The largest absolute Gasteiger partial charge is 0.503 e. The Morgan fingerprint density at radius 1 is 1.31 bits per heavy atom. The molecule has 1 heterocycles. The molecule has 0 aliphatic carbocycles. The molecule has 26 heavy (non-hydrogen) atoms. The maximum absolute atomic E-state index is 12.8. The van der Waals surface area contributed by atoms with Gasteiger partial charge in [-0.2, -0.15) is 0 Å². The molecule has 2 atom stereocenters. The average molecular weight is 359 g/mol. The molecule has 0 saturated carbocycles.